The van der Waals surface area contributed by atoms with Crippen LogP contribution >= 0.6 is 11.6 Å². The molecule has 1 saturated heterocycles. The number of hydrogen-bond acceptors (Lipinski definition) is 5. The molecule has 3 rings (SSSR count). The molecule has 0 saturated carbocycles. The second kappa shape index (κ2) is 8.39. The normalized spacial score (nSPS) is 15.2. The summed E-state index contributed by atoms with van der Waals surface area (Å²) in [5, 5.41) is -0.256. The third kappa shape index (κ3) is 4.77. The molecule has 0 aliphatic carbocycles. The largest absolute Gasteiger partial charge is 0.495 e. The summed E-state index contributed by atoms with van der Waals surface area (Å²) in [6.45, 7) is 0. The van der Waals surface area contributed by atoms with Crippen molar-refractivity contribution in [3.8, 4) is 5.75 Å². The fourth-order valence-corrected chi connectivity index (χ4v) is 4.52. The number of methoxy groups -OCH3 is 1. The van der Waals surface area contributed by atoms with Gasteiger partial charge in [0, 0.05) is 12.8 Å². The molecular weight excluding hydrogens is 461 g/mol. The Balaban J connectivity index is 2.05. The van der Waals surface area contributed by atoms with Gasteiger partial charge in [-0.15, -0.1) is 0 Å². The lowest BCUT2D eigenvalue weighted by molar-refractivity contribution is -0.137. The number of carbonyl (C=O) groups is 2. The van der Waals surface area contributed by atoms with Gasteiger partial charge in [-0.2, -0.15) is 13.2 Å². The van der Waals surface area contributed by atoms with E-state index in [9.17, 15) is 31.2 Å². The van der Waals surface area contributed by atoms with Crippen molar-refractivity contribution in [2.75, 3.05) is 16.7 Å². The van der Waals surface area contributed by atoms with Crippen molar-refractivity contribution in [2.24, 2.45) is 0 Å². The first-order valence-electron chi connectivity index (χ1n) is 8.87. The van der Waals surface area contributed by atoms with Crippen LogP contribution in [0.15, 0.2) is 41.3 Å². The van der Waals surface area contributed by atoms with Gasteiger partial charge in [0.1, 0.15) is 10.6 Å². The number of nitrogens with zero attached hydrogens (tertiary/aromatic N) is 1. The number of sulfonamides is 1. The number of carbonyl (C=O) groups excluding carboxylic acids is 2. The molecule has 2 aromatic rings. The molecule has 1 aliphatic heterocycles. The van der Waals surface area contributed by atoms with Crippen LogP contribution in [-0.4, -0.2) is 27.3 Å². The van der Waals surface area contributed by atoms with Crippen LogP contribution in [0, 0.1) is 0 Å². The number of alkyl halides is 3. The van der Waals surface area contributed by atoms with Gasteiger partial charge in [-0.3, -0.25) is 19.2 Å². The molecule has 0 spiro atoms. The molecule has 1 N–H and O–H groups in total. The van der Waals surface area contributed by atoms with E-state index in [1.165, 1.54) is 19.2 Å². The highest BCUT2D eigenvalue weighted by atomic mass is 35.5. The summed E-state index contributed by atoms with van der Waals surface area (Å²) in [4.78, 5) is 24.7. The molecule has 1 aliphatic rings. The molecule has 0 bridgehead atoms. The molecule has 2 aromatic carbocycles. The Morgan fingerprint density at radius 3 is 2.29 bits per heavy atom. The van der Waals surface area contributed by atoms with Gasteiger partial charge < -0.3 is 4.74 Å². The number of piperidine rings is 1. The van der Waals surface area contributed by atoms with Crippen molar-refractivity contribution >= 4 is 44.8 Å². The first kappa shape index (κ1) is 22.9. The van der Waals surface area contributed by atoms with E-state index in [-0.39, 0.29) is 29.3 Å². The van der Waals surface area contributed by atoms with Crippen LogP contribution in [0.2, 0.25) is 5.02 Å². The van der Waals surface area contributed by atoms with Crippen LogP contribution in [0.4, 0.5) is 24.5 Å². The predicted molar refractivity (Wildman–Crippen MR) is 107 cm³/mol. The van der Waals surface area contributed by atoms with Crippen molar-refractivity contribution in [3.05, 3.63) is 47.0 Å². The highest BCUT2D eigenvalue weighted by Gasteiger charge is 2.33. The summed E-state index contributed by atoms with van der Waals surface area (Å²) < 4.78 is 72.0. The Morgan fingerprint density at radius 1 is 1.06 bits per heavy atom. The third-order valence-electron chi connectivity index (χ3n) is 4.51. The second-order valence-corrected chi connectivity index (χ2v) is 8.67. The number of amides is 2. The van der Waals surface area contributed by atoms with Crippen molar-refractivity contribution < 1.29 is 35.9 Å². The highest BCUT2D eigenvalue weighted by molar-refractivity contribution is 7.92. The smallest absolute Gasteiger partial charge is 0.416 e. The molecule has 2 amide bonds. The Morgan fingerprint density at radius 2 is 1.71 bits per heavy atom. The van der Waals surface area contributed by atoms with Gasteiger partial charge >= 0.3 is 6.18 Å². The number of anilines is 2. The van der Waals surface area contributed by atoms with Gasteiger partial charge in [-0.1, -0.05) is 11.6 Å². The van der Waals surface area contributed by atoms with Crippen molar-refractivity contribution in [2.45, 2.75) is 30.3 Å². The fraction of sp³-hybridized carbons (Fsp3) is 0.263. The minimum absolute atomic E-state index is 0.00557. The number of hydrogen-bond donors (Lipinski definition) is 1. The van der Waals surface area contributed by atoms with E-state index in [0.29, 0.717) is 12.5 Å². The van der Waals surface area contributed by atoms with Gasteiger partial charge in [-0.25, -0.2) is 8.42 Å². The zero-order valence-corrected chi connectivity index (χ0v) is 17.6. The molecule has 0 atom stereocenters. The lowest BCUT2D eigenvalue weighted by atomic mass is 10.1. The zero-order valence-electron chi connectivity index (χ0n) is 16.0. The number of benzene rings is 2. The van der Waals surface area contributed by atoms with E-state index in [1.54, 1.807) is 0 Å². The van der Waals surface area contributed by atoms with E-state index in [4.69, 9.17) is 16.3 Å². The third-order valence-corrected chi connectivity index (χ3v) is 6.23. The summed E-state index contributed by atoms with van der Waals surface area (Å²) in [6.07, 6.45) is -4.07. The Hall–Kier alpha value is -2.79. The van der Waals surface area contributed by atoms with Crippen LogP contribution < -0.4 is 14.4 Å². The van der Waals surface area contributed by atoms with Gasteiger partial charge in [0.2, 0.25) is 11.8 Å². The molecule has 12 heteroatoms. The molecule has 166 valence electrons. The Bertz CT molecular complexity index is 1140. The molecule has 7 nitrogen and oxygen atoms in total. The SMILES string of the molecule is COc1ccc(N2C(=O)CCCC2=O)cc1S(=O)(=O)Nc1cc(C(F)(F)F)ccc1Cl. The maximum absolute atomic E-state index is 13.0. The number of ether oxygens (including phenoxy) is 1. The van der Waals surface area contributed by atoms with E-state index >= 15 is 0 Å². The number of halogens is 4. The van der Waals surface area contributed by atoms with Crippen LogP contribution in [0.25, 0.3) is 0 Å². The summed E-state index contributed by atoms with van der Waals surface area (Å²) in [5.74, 6) is -1.12. The highest BCUT2D eigenvalue weighted by Crippen LogP contribution is 2.36. The van der Waals surface area contributed by atoms with Crippen LogP contribution in [-0.2, 0) is 25.8 Å². The fourth-order valence-electron chi connectivity index (χ4n) is 3.04. The molecule has 31 heavy (non-hydrogen) atoms. The monoisotopic (exact) mass is 476 g/mol. The summed E-state index contributed by atoms with van der Waals surface area (Å²) in [6, 6.07) is 5.83. The van der Waals surface area contributed by atoms with E-state index in [1.807, 2.05) is 4.72 Å². The van der Waals surface area contributed by atoms with Gasteiger partial charge in [-0.05, 0) is 42.8 Å². The quantitative estimate of drug-likeness (QED) is 0.652. The maximum Gasteiger partial charge on any atom is 0.416 e. The average molecular weight is 477 g/mol. The number of imide groups is 1. The topological polar surface area (TPSA) is 92.8 Å². The molecule has 1 heterocycles. The minimum Gasteiger partial charge on any atom is -0.495 e. The van der Waals surface area contributed by atoms with Crippen molar-refractivity contribution in [1.82, 2.24) is 0 Å². The molecule has 0 radical (unpaired) electrons. The molecule has 1 fully saturated rings. The standard InChI is InChI=1S/C19H16ClF3N2O5S/c1-30-15-8-6-12(25-17(26)3-2-4-18(25)27)10-16(15)31(28,29)24-14-9-11(19(21,22)23)5-7-13(14)20/h5-10,24H,2-4H2,1H3. The summed E-state index contributed by atoms with van der Waals surface area (Å²) in [7, 11) is -3.32. The van der Waals surface area contributed by atoms with E-state index in [0.717, 1.165) is 23.1 Å². The van der Waals surface area contributed by atoms with Crippen molar-refractivity contribution in [1.29, 1.82) is 0 Å². The lowest BCUT2D eigenvalue weighted by Crippen LogP contribution is -2.40. The summed E-state index contributed by atoms with van der Waals surface area (Å²) >= 11 is 5.88. The van der Waals surface area contributed by atoms with Crippen molar-refractivity contribution in [3.63, 3.8) is 0 Å². The minimum atomic E-state index is -4.71. The first-order chi connectivity index (χ1) is 14.4. The van der Waals surface area contributed by atoms with Gasteiger partial charge in [0.25, 0.3) is 10.0 Å². The number of rotatable bonds is 5. The number of nitrogens with one attached hydrogen (secondary N) is 1. The van der Waals surface area contributed by atoms with Crippen LogP contribution in [0.3, 0.4) is 0 Å². The molecule has 0 aromatic heterocycles. The molecular formula is C19H16ClF3N2O5S. The van der Waals surface area contributed by atoms with Crippen LogP contribution in [0.5, 0.6) is 5.75 Å². The maximum atomic E-state index is 13.0. The Labute approximate surface area is 180 Å². The van der Waals surface area contributed by atoms with E-state index < -0.39 is 44.2 Å². The van der Waals surface area contributed by atoms with Crippen LogP contribution in [0.1, 0.15) is 24.8 Å². The van der Waals surface area contributed by atoms with Gasteiger partial charge in [0.15, 0.2) is 0 Å². The predicted octanol–water partition coefficient (Wildman–Crippen LogP) is 4.21. The van der Waals surface area contributed by atoms with E-state index in [2.05, 4.69) is 0 Å². The zero-order chi connectivity index (χ0) is 23.0. The first-order valence-corrected chi connectivity index (χ1v) is 10.7. The Kier molecular flexibility index (Phi) is 6.19. The lowest BCUT2D eigenvalue weighted by Gasteiger charge is -2.25. The molecule has 0 unspecified atom stereocenters. The van der Waals surface area contributed by atoms with Gasteiger partial charge in [0.05, 0.1) is 29.1 Å². The average Bonchev–Trinajstić information content (AvgIpc) is 2.68. The summed E-state index contributed by atoms with van der Waals surface area (Å²) in [5.41, 5.74) is -1.58. The second-order valence-electron chi connectivity index (χ2n) is 6.61.